The second-order valence-electron chi connectivity index (χ2n) is 5.34. The van der Waals surface area contributed by atoms with E-state index < -0.39 is 0 Å². The van der Waals surface area contributed by atoms with Crippen LogP contribution in [-0.4, -0.2) is 21.3 Å². The van der Waals surface area contributed by atoms with Gasteiger partial charge in [-0.15, -0.1) is 10.2 Å². The van der Waals surface area contributed by atoms with Crippen molar-refractivity contribution < 1.29 is 0 Å². The molecule has 4 nitrogen and oxygen atoms in total. The fourth-order valence-corrected chi connectivity index (χ4v) is 2.92. The molecule has 1 aromatic heterocycles. The zero-order chi connectivity index (χ0) is 11.0. The van der Waals surface area contributed by atoms with Crippen molar-refractivity contribution in [2.75, 3.05) is 6.54 Å². The Labute approximate surface area is 96.2 Å². The SMILES string of the molecule is NCC1(c2nncn2C2CCCCC2)CC1. The molecule has 2 fully saturated rings. The Morgan fingerprint density at radius 3 is 2.69 bits per heavy atom. The molecular weight excluding hydrogens is 200 g/mol. The first-order valence-electron chi connectivity index (χ1n) is 6.46. The first-order valence-corrected chi connectivity index (χ1v) is 6.46. The van der Waals surface area contributed by atoms with Crippen LogP contribution in [0.15, 0.2) is 6.33 Å². The fourth-order valence-electron chi connectivity index (χ4n) is 2.92. The van der Waals surface area contributed by atoms with Gasteiger partial charge in [0, 0.05) is 18.0 Å². The third-order valence-electron chi connectivity index (χ3n) is 4.26. The second-order valence-corrected chi connectivity index (χ2v) is 5.34. The molecule has 88 valence electrons. The number of hydrogen-bond donors (Lipinski definition) is 1. The van der Waals surface area contributed by atoms with Gasteiger partial charge in [-0.2, -0.15) is 0 Å². The molecule has 0 amide bonds. The van der Waals surface area contributed by atoms with E-state index in [4.69, 9.17) is 5.73 Å². The van der Waals surface area contributed by atoms with Gasteiger partial charge in [-0.1, -0.05) is 19.3 Å². The molecule has 2 aliphatic carbocycles. The standard InChI is InChI=1S/C12H20N4/c13-8-12(6-7-12)11-15-14-9-16(11)10-4-2-1-3-5-10/h9-10H,1-8,13H2. The van der Waals surface area contributed by atoms with Crippen LogP contribution in [0.1, 0.15) is 56.8 Å². The van der Waals surface area contributed by atoms with Crippen LogP contribution in [-0.2, 0) is 5.41 Å². The quantitative estimate of drug-likeness (QED) is 0.844. The van der Waals surface area contributed by atoms with Crippen LogP contribution in [0.2, 0.25) is 0 Å². The van der Waals surface area contributed by atoms with Gasteiger partial charge in [0.05, 0.1) is 0 Å². The molecule has 0 bridgehead atoms. The first-order chi connectivity index (χ1) is 7.86. The lowest BCUT2D eigenvalue weighted by Gasteiger charge is -2.25. The van der Waals surface area contributed by atoms with Crippen molar-refractivity contribution in [1.82, 2.24) is 14.8 Å². The molecule has 0 saturated heterocycles. The van der Waals surface area contributed by atoms with Crippen molar-refractivity contribution in [2.24, 2.45) is 5.73 Å². The average molecular weight is 220 g/mol. The van der Waals surface area contributed by atoms with E-state index in [0.29, 0.717) is 6.04 Å². The lowest BCUT2D eigenvalue weighted by atomic mass is 9.94. The molecule has 16 heavy (non-hydrogen) atoms. The molecular formula is C12H20N4. The molecule has 0 aliphatic heterocycles. The van der Waals surface area contributed by atoms with Crippen molar-refractivity contribution in [3.8, 4) is 0 Å². The van der Waals surface area contributed by atoms with E-state index in [1.165, 1.54) is 44.9 Å². The zero-order valence-corrected chi connectivity index (χ0v) is 9.73. The van der Waals surface area contributed by atoms with Crippen molar-refractivity contribution in [1.29, 1.82) is 0 Å². The maximum Gasteiger partial charge on any atom is 0.140 e. The molecule has 0 unspecified atom stereocenters. The minimum Gasteiger partial charge on any atom is -0.329 e. The third kappa shape index (κ3) is 1.56. The number of nitrogens with zero attached hydrogens (tertiary/aromatic N) is 3. The molecule has 4 heteroatoms. The van der Waals surface area contributed by atoms with E-state index in [-0.39, 0.29) is 5.41 Å². The van der Waals surface area contributed by atoms with Gasteiger partial charge >= 0.3 is 0 Å². The zero-order valence-electron chi connectivity index (χ0n) is 9.73. The number of aromatic nitrogens is 3. The van der Waals surface area contributed by atoms with Crippen molar-refractivity contribution >= 4 is 0 Å². The van der Waals surface area contributed by atoms with E-state index in [1.54, 1.807) is 0 Å². The van der Waals surface area contributed by atoms with Crippen molar-refractivity contribution in [2.45, 2.75) is 56.4 Å². The summed E-state index contributed by atoms with van der Waals surface area (Å²) in [5.74, 6) is 1.15. The molecule has 1 heterocycles. The minimum absolute atomic E-state index is 0.175. The van der Waals surface area contributed by atoms with E-state index in [9.17, 15) is 0 Å². The normalized spacial score (nSPS) is 24.6. The highest BCUT2D eigenvalue weighted by Crippen LogP contribution is 2.47. The molecule has 3 rings (SSSR count). The first kappa shape index (κ1) is 10.3. The van der Waals surface area contributed by atoms with Gasteiger partial charge < -0.3 is 10.3 Å². The van der Waals surface area contributed by atoms with Gasteiger partial charge in [0.25, 0.3) is 0 Å². The van der Waals surface area contributed by atoms with E-state index in [0.717, 1.165) is 12.4 Å². The monoisotopic (exact) mass is 220 g/mol. The highest BCUT2D eigenvalue weighted by atomic mass is 15.3. The van der Waals surface area contributed by atoms with Gasteiger partial charge in [-0.3, -0.25) is 0 Å². The van der Waals surface area contributed by atoms with E-state index >= 15 is 0 Å². The molecule has 0 radical (unpaired) electrons. The fraction of sp³-hybridized carbons (Fsp3) is 0.833. The van der Waals surface area contributed by atoms with Gasteiger partial charge in [0.1, 0.15) is 12.2 Å². The summed E-state index contributed by atoms with van der Waals surface area (Å²) in [5.41, 5.74) is 6.05. The van der Waals surface area contributed by atoms with Crippen molar-refractivity contribution in [3.05, 3.63) is 12.2 Å². The lowest BCUT2D eigenvalue weighted by molar-refractivity contribution is 0.338. The lowest BCUT2D eigenvalue weighted by Crippen LogP contribution is -2.26. The van der Waals surface area contributed by atoms with Gasteiger partial charge in [-0.05, 0) is 25.7 Å². The minimum atomic E-state index is 0.175. The Balaban J connectivity index is 1.87. The van der Waals surface area contributed by atoms with Gasteiger partial charge in [0.15, 0.2) is 0 Å². The van der Waals surface area contributed by atoms with Gasteiger partial charge in [0.2, 0.25) is 0 Å². The summed E-state index contributed by atoms with van der Waals surface area (Å²) in [5, 5.41) is 8.44. The summed E-state index contributed by atoms with van der Waals surface area (Å²) < 4.78 is 2.32. The Bertz CT molecular complexity index is 361. The summed E-state index contributed by atoms with van der Waals surface area (Å²) in [6.07, 6.45) is 10.9. The summed E-state index contributed by atoms with van der Waals surface area (Å²) >= 11 is 0. The maximum absolute atomic E-state index is 5.88. The Morgan fingerprint density at radius 1 is 1.31 bits per heavy atom. The number of nitrogens with two attached hydrogens (primary N) is 1. The van der Waals surface area contributed by atoms with Gasteiger partial charge in [-0.25, -0.2) is 0 Å². The summed E-state index contributed by atoms with van der Waals surface area (Å²) in [6.45, 7) is 0.721. The second kappa shape index (κ2) is 3.84. The molecule has 0 atom stereocenters. The number of hydrogen-bond acceptors (Lipinski definition) is 3. The molecule has 0 aromatic carbocycles. The summed E-state index contributed by atoms with van der Waals surface area (Å²) in [4.78, 5) is 0. The summed E-state index contributed by atoms with van der Waals surface area (Å²) in [7, 11) is 0. The Morgan fingerprint density at radius 2 is 2.06 bits per heavy atom. The predicted octanol–water partition coefficient (Wildman–Crippen LogP) is 1.77. The predicted molar refractivity (Wildman–Crippen MR) is 62.1 cm³/mol. The molecule has 0 spiro atoms. The number of rotatable bonds is 3. The molecule has 2 N–H and O–H groups in total. The topological polar surface area (TPSA) is 56.7 Å². The van der Waals surface area contributed by atoms with Crippen LogP contribution in [0.4, 0.5) is 0 Å². The average Bonchev–Trinajstić information content (AvgIpc) is 2.99. The smallest absolute Gasteiger partial charge is 0.140 e. The molecule has 2 saturated carbocycles. The Kier molecular flexibility index (Phi) is 2.46. The molecule has 1 aromatic rings. The van der Waals surface area contributed by atoms with Crippen LogP contribution in [0, 0.1) is 0 Å². The Hall–Kier alpha value is -0.900. The van der Waals surface area contributed by atoms with E-state index in [2.05, 4.69) is 14.8 Å². The summed E-state index contributed by atoms with van der Waals surface area (Å²) in [6, 6.07) is 0.628. The largest absolute Gasteiger partial charge is 0.329 e. The third-order valence-corrected chi connectivity index (χ3v) is 4.26. The van der Waals surface area contributed by atoms with Crippen LogP contribution in [0.5, 0.6) is 0 Å². The van der Waals surface area contributed by atoms with Crippen LogP contribution in [0.3, 0.4) is 0 Å². The van der Waals surface area contributed by atoms with Crippen LogP contribution in [0.25, 0.3) is 0 Å². The highest BCUT2D eigenvalue weighted by Gasteiger charge is 2.47. The van der Waals surface area contributed by atoms with E-state index in [1.807, 2.05) is 6.33 Å². The van der Waals surface area contributed by atoms with Crippen LogP contribution >= 0.6 is 0 Å². The van der Waals surface area contributed by atoms with Crippen LogP contribution < -0.4 is 5.73 Å². The highest BCUT2D eigenvalue weighted by molar-refractivity contribution is 5.19. The van der Waals surface area contributed by atoms with Crippen molar-refractivity contribution in [3.63, 3.8) is 0 Å². The maximum atomic E-state index is 5.88. The molecule has 2 aliphatic rings.